The van der Waals surface area contributed by atoms with Gasteiger partial charge in [-0.2, -0.15) is 4.90 Å². The van der Waals surface area contributed by atoms with E-state index in [1.54, 1.807) is 12.1 Å². The van der Waals surface area contributed by atoms with Gasteiger partial charge in [-0.3, -0.25) is 0 Å². The van der Waals surface area contributed by atoms with Crippen LogP contribution >= 0.6 is 0 Å². The summed E-state index contributed by atoms with van der Waals surface area (Å²) in [7, 11) is 0. The van der Waals surface area contributed by atoms with Gasteiger partial charge in [0.1, 0.15) is 17.9 Å². The van der Waals surface area contributed by atoms with Crippen LogP contribution in [0.2, 0.25) is 0 Å². The maximum Gasteiger partial charge on any atom is 0.426 e. The summed E-state index contributed by atoms with van der Waals surface area (Å²) in [5, 5.41) is 0. The van der Waals surface area contributed by atoms with Gasteiger partial charge >= 0.3 is 12.2 Å². The summed E-state index contributed by atoms with van der Waals surface area (Å²) >= 11 is 0. The first-order valence-electron chi connectivity index (χ1n) is 6.57. The first-order chi connectivity index (χ1) is 10.2. The lowest BCUT2D eigenvalue weighted by molar-refractivity contribution is 0.119. The molecule has 2 amide bonds. The van der Waals surface area contributed by atoms with Gasteiger partial charge in [0.2, 0.25) is 0 Å². The van der Waals surface area contributed by atoms with Crippen molar-refractivity contribution in [3.63, 3.8) is 0 Å². The molecule has 0 N–H and O–H groups in total. The van der Waals surface area contributed by atoms with Gasteiger partial charge in [0.25, 0.3) is 0 Å². The van der Waals surface area contributed by atoms with E-state index < -0.39 is 17.7 Å². The molecule has 1 saturated heterocycles. The molecule has 104 valence electrons. The number of cyclic esters (lactones) is 1. The largest absolute Gasteiger partial charge is 0.446 e. The maximum absolute atomic E-state index is 12.2. The van der Waals surface area contributed by atoms with E-state index in [4.69, 9.17) is 9.47 Å². The van der Waals surface area contributed by atoms with Crippen molar-refractivity contribution in [1.29, 1.82) is 0 Å². The predicted octanol–water partition coefficient (Wildman–Crippen LogP) is 2.89. The molecule has 2 heterocycles. The van der Waals surface area contributed by atoms with Crippen LogP contribution in [0.15, 0.2) is 54.6 Å². The van der Waals surface area contributed by atoms with Crippen molar-refractivity contribution in [2.75, 3.05) is 6.61 Å². The number of imide groups is 1. The van der Waals surface area contributed by atoms with Gasteiger partial charge in [0, 0.05) is 5.56 Å². The summed E-state index contributed by atoms with van der Waals surface area (Å²) in [6, 6.07) is 16.6. The van der Waals surface area contributed by atoms with Crippen LogP contribution in [0.5, 0.6) is 5.75 Å². The third-order valence-electron chi connectivity index (χ3n) is 3.93. The van der Waals surface area contributed by atoms with E-state index in [0.29, 0.717) is 5.75 Å². The topological polar surface area (TPSA) is 55.8 Å². The lowest BCUT2D eigenvalue weighted by Gasteiger charge is -2.38. The fourth-order valence-corrected chi connectivity index (χ4v) is 3.00. The highest BCUT2D eigenvalue weighted by atomic mass is 16.6. The molecule has 2 aromatic carbocycles. The third-order valence-corrected chi connectivity index (χ3v) is 3.93. The maximum atomic E-state index is 12.2. The summed E-state index contributed by atoms with van der Waals surface area (Å²) < 4.78 is 10.4. The molecule has 0 aromatic heterocycles. The molecule has 21 heavy (non-hydrogen) atoms. The molecule has 0 saturated carbocycles. The smallest absolute Gasteiger partial charge is 0.426 e. The third kappa shape index (κ3) is 1.45. The van der Waals surface area contributed by atoms with Gasteiger partial charge < -0.3 is 9.47 Å². The van der Waals surface area contributed by atoms with Gasteiger partial charge in [-0.15, -0.1) is 0 Å². The first-order valence-corrected chi connectivity index (χ1v) is 6.57. The number of hydrogen-bond donors (Lipinski definition) is 0. The first kappa shape index (κ1) is 12.0. The number of amides is 2. The minimum Gasteiger partial charge on any atom is -0.446 e. The summed E-state index contributed by atoms with van der Waals surface area (Å²) in [6.07, 6.45) is -1.39. The van der Waals surface area contributed by atoms with E-state index in [-0.39, 0.29) is 6.61 Å². The van der Waals surface area contributed by atoms with Gasteiger partial charge in [-0.1, -0.05) is 48.5 Å². The van der Waals surface area contributed by atoms with Crippen LogP contribution in [-0.2, 0) is 10.3 Å². The van der Waals surface area contributed by atoms with Crippen molar-refractivity contribution in [2.24, 2.45) is 0 Å². The number of fused-ring (bicyclic) bond motifs is 3. The van der Waals surface area contributed by atoms with E-state index in [1.165, 1.54) is 0 Å². The van der Waals surface area contributed by atoms with Crippen molar-refractivity contribution < 1.29 is 19.1 Å². The second-order valence-electron chi connectivity index (χ2n) is 4.98. The number of ether oxygens (including phenoxy) is 2. The predicted molar refractivity (Wildman–Crippen MR) is 72.9 cm³/mol. The van der Waals surface area contributed by atoms with Crippen LogP contribution in [-0.4, -0.2) is 23.7 Å². The average Bonchev–Trinajstić information content (AvgIpc) is 2.88. The van der Waals surface area contributed by atoms with Crippen molar-refractivity contribution in [3.8, 4) is 5.75 Å². The monoisotopic (exact) mass is 281 g/mol. The van der Waals surface area contributed by atoms with Crippen LogP contribution in [0.3, 0.4) is 0 Å². The summed E-state index contributed by atoms with van der Waals surface area (Å²) in [4.78, 5) is 25.3. The Bertz CT molecular complexity index is 743. The van der Waals surface area contributed by atoms with Crippen LogP contribution in [0, 0.1) is 0 Å². The zero-order valence-electron chi connectivity index (χ0n) is 11.0. The molecule has 2 aliphatic rings. The molecule has 1 atom stereocenters. The fraction of sp³-hybridized carbons (Fsp3) is 0.125. The minimum absolute atomic E-state index is 0.0853. The molecule has 2 aromatic rings. The molecular formula is C16H11NO4. The standard InChI is InChI=1S/C16H11NO4/c18-14-17-15(19)21-13-9-5-4-8-12(13)16(17,10-20-14)11-6-2-1-3-7-11/h1-9H,10H2/t16-/m1/s1. The Kier molecular flexibility index (Phi) is 2.33. The summed E-state index contributed by atoms with van der Waals surface area (Å²) in [5.41, 5.74) is 0.617. The lowest BCUT2D eigenvalue weighted by Crippen LogP contribution is -2.53. The van der Waals surface area contributed by atoms with Crippen LogP contribution in [0.4, 0.5) is 9.59 Å². The molecule has 0 spiro atoms. The zero-order valence-corrected chi connectivity index (χ0v) is 11.0. The van der Waals surface area contributed by atoms with Gasteiger partial charge in [0.05, 0.1) is 0 Å². The van der Waals surface area contributed by atoms with E-state index in [1.807, 2.05) is 42.5 Å². The quantitative estimate of drug-likeness (QED) is 0.806. The highest BCUT2D eigenvalue weighted by molar-refractivity contribution is 5.94. The van der Waals surface area contributed by atoms with Gasteiger partial charge in [-0.05, 0) is 11.6 Å². The Balaban J connectivity index is 2.04. The average molecular weight is 281 g/mol. The van der Waals surface area contributed by atoms with E-state index >= 15 is 0 Å². The van der Waals surface area contributed by atoms with Crippen molar-refractivity contribution in [1.82, 2.24) is 4.90 Å². The van der Waals surface area contributed by atoms with Crippen molar-refractivity contribution in [2.45, 2.75) is 5.54 Å². The number of benzene rings is 2. The van der Waals surface area contributed by atoms with E-state index in [9.17, 15) is 9.59 Å². The number of carbonyl (C=O) groups excluding carboxylic acids is 2. The van der Waals surface area contributed by atoms with Crippen molar-refractivity contribution >= 4 is 12.2 Å². The Morgan fingerprint density at radius 2 is 1.62 bits per heavy atom. The molecule has 5 heteroatoms. The second kappa shape index (κ2) is 4.09. The second-order valence-corrected chi connectivity index (χ2v) is 4.98. The Morgan fingerprint density at radius 3 is 2.43 bits per heavy atom. The number of nitrogens with zero attached hydrogens (tertiary/aromatic N) is 1. The number of rotatable bonds is 1. The Morgan fingerprint density at radius 1 is 0.905 bits per heavy atom. The summed E-state index contributed by atoms with van der Waals surface area (Å²) in [6.45, 7) is 0.0853. The SMILES string of the molecule is O=C1OC[C@@]2(c3ccccc3)c3ccccc3OC(=O)N12. The minimum atomic E-state index is -0.954. The zero-order chi connectivity index (χ0) is 14.4. The number of para-hydroxylation sites is 1. The molecule has 2 aliphatic heterocycles. The van der Waals surface area contributed by atoms with Crippen LogP contribution < -0.4 is 4.74 Å². The molecule has 0 bridgehead atoms. The lowest BCUT2D eigenvalue weighted by atomic mass is 9.81. The molecule has 0 aliphatic carbocycles. The molecule has 1 fully saturated rings. The molecule has 4 rings (SSSR count). The Labute approximate surface area is 120 Å². The highest BCUT2D eigenvalue weighted by Crippen LogP contribution is 2.47. The Hall–Kier alpha value is -2.82. The molecule has 5 nitrogen and oxygen atoms in total. The molecule has 0 unspecified atom stereocenters. The van der Waals surface area contributed by atoms with E-state index in [0.717, 1.165) is 16.0 Å². The fourth-order valence-electron chi connectivity index (χ4n) is 3.00. The normalized spacial score (nSPS) is 23.1. The van der Waals surface area contributed by atoms with E-state index in [2.05, 4.69) is 0 Å². The highest BCUT2D eigenvalue weighted by Gasteiger charge is 2.58. The van der Waals surface area contributed by atoms with Crippen molar-refractivity contribution in [3.05, 3.63) is 65.7 Å². The molecular weight excluding hydrogens is 270 g/mol. The van der Waals surface area contributed by atoms with Crippen LogP contribution in [0.25, 0.3) is 0 Å². The molecule has 0 radical (unpaired) electrons. The van der Waals surface area contributed by atoms with Gasteiger partial charge in [0.15, 0.2) is 0 Å². The number of hydrogen-bond acceptors (Lipinski definition) is 4. The van der Waals surface area contributed by atoms with Crippen LogP contribution in [0.1, 0.15) is 11.1 Å². The number of carbonyl (C=O) groups is 2. The summed E-state index contributed by atoms with van der Waals surface area (Å²) in [5.74, 6) is 0.459. The van der Waals surface area contributed by atoms with Gasteiger partial charge in [-0.25, -0.2) is 9.59 Å².